The monoisotopic (exact) mass is 634 g/mol. The number of thiocarbonyl (C=S) groups is 1. The smallest absolute Gasteiger partial charge is 0.269 e. The van der Waals surface area contributed by atoms with Gasteiger partial charge in [0, 0.05) is 50.6 Å². The summed E-state index contributed by atoms with van der Waals surface area (Å²) in [6.07, 6.45) is 4.95. The van der Waals surface area contributed by atoms with Crippen molar-refractivity contribution < 1.29 is 9.72 Å². The minimum atomic E-state index is -0.847. The number of rotatable bonds is 14. The fourth-order valence-corrected chi connectivity index (χ4v) is 6.08. The number of non-ortho nitro benzene ring substituents is 1. The van der Waals surface area contributed by atoms with Gasteiger partial charge < -0.3 is 20.5 Å². The van der Waals surface area contributed by atoms with Crippen molar-refractivity contribution in [2.75, 3.05) is 6.54 Å². The van der Waals surface area contributed by atoms with E-state index in [1.807, 2.05) is 58.0 Å². The fraction of sp³-hybridized carbons (Fsp3) is 0.250. The Morgan fingerprint density at radius 1 is 1.00 bits per heavy atom. The van der Waals surface area contributed by atoms with E-state index in [2.05, 4.69) is 41.5 Å². The third kappa shape index (κ3) is 7.64. The summed E-state index contributed by atoms with van der Waals surface area (Å²) in [7, 11) is 0. The van der Waals surface area contributed by atoms with Crippen molar-refractivity contribution in [2.24, 2.45) is 5.73 Å². The van der Waals surface area contributed by atoms with Crippen molar-refractivity contribution in [3.63, 3.8) is 0 Å². The van der Waals surface area contributed by atoms with E-state index in [4.69, 9.17) is 18.0 Å². The number of nitrogens with zero attached hydrogens (tertiary/aromatic N) is 4. The van der Waals surface area contributed by atoms with Gasteiger partial charge in [-0.25, -0.2) is 4.98 Å². The first-order valence-corrected chi connectivity index (χ1v) is 15.8. The Labute approximate surface area is 274 Å². The number of nitrogens with one attached hydrogen (secondary N) is 1. The Bertz CT molecular complexity index is 1790. The maximum atomic E-state index is 15.0. The number of nitrogens with two attached hydrogens (primary N) is 1. The molecule has 2 atom stereocenters. The van der Waals surface area contributed by atoms with Crippen LogP contribution >= 0.6 is 12.2 Å². The lowest BCUT2D eigenvalue weighted by Gasteiger charge is -2.35. The van der Waals surface area contributed by atoms with E-state index >= 15 is 0 Å². The average Bonchev–Trinajstić information content (AvgIpc) is 3.53. The number of nitro groups is 1. The third-order valence-electron chi connectivity index (χ3n) is 8.20. The summed E-state index contributed by atoms with van der Waals surface area (Å²) >= 11 is 6.01. The highest BCUT2D eigenvalue weighted by molar-refractivity contribution is 7.80. The molecule has 0 radical (unpaired) electrons. The second kappa shape index (κ2) is 15.4. The highest BCUT2D eigenvalue weighted by Gasteiger charge is 2.35. The number of fused-ring (bicyclic) bond motifs is 1. The fourth-order valence-electron chi connectivity index (χ4n) is 5.78. The molecule has 0 saturated heterocycles. The number of carbonyl (C=O) groups is 1. The second-order valence-corrected chi connectivity index (χ2v) is 11.7. The van der Waals surface area contributed by atoms with Crippen LogP contribution in [0, 0.1) is 10.1 Å². The molecule has 0 bridgehead atoms. The standard InChI is InChI=1S/C36H38N6O3S/c1-2-9-31(20-37)41(24-29-14-8-13-28-12-6-7-15-32(28)29)36(43)34(35(46)39-21-26-10-4-3-5-11-26)33-22-38-25-40(33)23-27-16-18-30(19-17-27)42(44)45/h3-8,10-19,22,25,31,34H,2,9,20-21,23-24,37H2,1H3,(H,39,46)/t31-,34?/m0/s1. The van der Waals surface area contributed by atoms with Crippen LogP contribution in [0.4, 0.5) is 5.69 Å². The number of imidazole rings is 1. The molecule has 0 aliphatic rings. The van der Waals surface area contributed by atoms with Crippen LogP contribution in [0.3, 0.4) is 0 Å². The zero-order valence-corrected chi connectivity index (χ0v) is 26.6. The lowest BCUT2D eigenvalue weighted by atomic mass is 9.98. The first-order chi connectivity index (χ1) is 22.4. The Kier molecular flexibility index (Phi) is 10.9. The van der Waals surface area contributed by atoms with Crippen molar-refractivity contribution >= 4 is 39.6 Å². The number of aromatic nitrogens is 2. The summed E-state index contributed by atoms with van der Waals surface area (Å²) in [5.41, 5.74) is 9.89. The van der Waals surface area contributed by atoms with Gasteiger partial charge in [0.25, 0.3) is 5.69 Å². The summed E-state index contributed by atoms with van der Waals surface area (Å²) in [4.78, 5) is 32.4. The van der Waals surface area contributed by atoms with E-state index in [0.29, 0.717) is 36.9 Å². The predicted octanol–water partition coefficient (Wildman–Crippen LogP) is 6.35. The Balaban J connectivity index is 1.53. The highest BCUT2D eigenvalue weighted by atomic mass is 32.1. The van der Waals surface area contributed by atoms with Gasteiger partial charge in [-0.05, 0) is 33.9 Å². The van der Waals surface area contributed by atoms with E-state index in [-0.39, 0.29) is 17.6 Å². The van der Waals surface area contributed by atoms with Crippen molar-refractivity contribution in [1.82, 2.24) is 19.8 Å². The zero-order valence-electron chi connectivity index (χ0n) is 25.8. The Hall–Kier alpha value is -4.93. The molecule has 1 aromatic heterocycles. The molecule has 0 saturated carbocycles. The van der Waals surface area contributed by atoms with Crippen LogP contribution in [0.5, 0.6) is 0 Å². The van der Waals surface area contributed by atoms with Gasteiger partial charge in [0.1, 0.15) is 5.92 Å². The molecule has 1 heterocycles. The number of benzene rings is 4. The molecule has 9 nitrogen and oxygen atoms in total. The van der Waals surface area contributed by atoms with Gasteiger partial charge in [0.15, 0.2) is 0 Å². The topological polar surface area (TPSA) is 119 Å². The number of hydrogen-bond acceptors (Lipinski definition) is 6. The molecular formula is C36H38N6O3S. The first kappa shape index (κ1) is 32.5. The maximum absolute atomic E-state index is 15.0. The Morgan fingerprint density at radius 2 is 1.72 bits per heavy atom. The van der Waals surface area contributed by atoms with Crippen LogP contribution in [-0.4, -0.2) is 42.9 Å². The maximum Gasteiger partial charge on any atom is 0.269 e. The van der Waals surface area contributed by atoms with Crippen molar-refractivity contribution in [1.29, 1.82) is 0 Å². The molecule has 1 unspecified atom stereocenters. The van der Waals surface area contributed by atoms with Crippen LogP contribution in [0.15, 0.2) is 110 Å². The molecule has 0 fully saturated rings. The summed E-state index contributed by atoms with van der Waals surface area (Å²) in [6, 6.07) is 30.4. The summed E-state index contributed by atoms with van der Waals surface area (Å²) in [5.74, 6) is -1.01. The quantitative estimate of drug-likeness (QED) is 0.0830. The minimum absolute atomic E-state index is 0.0155. The molecule has 5 rings (SSSR count). The van der Waals surface area contributed by atoms with Crippen molar-refractivity contribution in [3.8, 4) is 0 Å². The normalized spacial score (nSPS) is 12.4. The summed E-state index contributed by atoms with van der Waals surface area (Å²) < 4.78 is 1.88. The van der Waals surface area contributed by atoms with Gasteiger partial charge in [-0.15, -0.1) is 0 Å². The number of nitro benzene ring substituents is 1. The van der Waals surface area contributed by atoms with Crippen molar-refractivity contribution in [2.45, 2.75) is 51.4 Å². The SMILES string of the molecule is CCC[C@@H](CN)N(Cc1cccc2ccccc12)C(=O)C(C(=S)NCc1ccccc1)c1cncn1Cc1ccc([N+](=O)[O-])cc1. The molecule has 1 amide bonds. The predicted molar refractivity (Wildman–Crippen MR) is 185 cm³/mol. The first-order valence-electron chi connectivity index (χ1n) is 15.4. The molecule has 4 aromatic carbocycles. The molecular weight excluding hydrogens is 597 g/mol. The van der Waals surface area contributed by atoms with Crippen LogP contribution < -0.4 is 11.1 Å². The molecule has 0 aliphatic carbocycles. The van der Waals surface area contributed by atoms with Crippen LogP contribution in [-0.2, 0) is 24.4 Å². The molecule has 10 heteroatoms. The molecule has 0 spiro atoms. The highest BCUT2D eigenvalue weighted by Crippen LogP contribution is 2.28. The zero-order chi connectivity index (χ0) is 32.5. The van der Waals surface area contributed by atoms with Gasteiger partial charge in [0.05, 0.1) is 21.9 Å². The van der Waals surface area contributed by atoms with E-state index in [0.717, 1.165) is 40.3 Å². The second-order valence-electron chi connectivity index (χ2n) is 11.3. The van der Waals surface area contributed by atoms with E-state index in [1.54, 1.807) is 24.7 Å². The Morgan fingerprint density at radius 3 is 2.43 bits per heavy atom. The van der Waals surface area contributed by atoms with Gasteiger partial charge in [-0.1, -0.05) is 110 Å². The average molecular weight is 635 g/mol. The number of amides is 1. The minimum Gasteiger partial charge on any atom is -0.375 e. The molecule has 5 aromatic rings. The van der Waals surface area contributed by atoms with E-state index in [1.165, 1.54) is 12.1 Å². The van der Waals surface area contributed by atoms with E-state index < -0.39 is 10.8 Å². The third-order valence-corrected chi connectivity index (χ3v) is 8.58. The summed E-state index contributed by atoms with van der Waals surface area (Å²) in [6.45, 7) is 3.58. The molecule has 3 N–H and O–H groups in total. The van der Waals surface area contributed by atoms with Crippen LogP contribution in [0.25, 0.3) is 10.8 Å². The van der Waals surface area contributed by atoms with Gasteiger partial charge in [0.2, 0.25) is 5.91 Å². The van der Waals surface area contributed by atoms with Crippen LogP contribution in [0.1, 0.15) is 48.1 Å². The van der Waals surface area contributed by atoms with Crippen LogP contribution in [0.2, 0.25) is 0 Å². The van der Waals surface area contributed by atoms with E-state index in [9.17, 15) is 14.9 Å². The number of carbonyl (C=O) groups excluding carboxylic acids is 1. The van der Waals surface area contributed by atoms with Gasteiger partial charge >= 0.3 is 0 Å². The number of hydrogen-bond donors (Lipinski definition) is 2. The molecule has 236 valence electrons. The largest absolute Gasteiger partial charge is 0.375 e. The lowest BCUT2D eigenvalue weighted by molar-refractivity contribution is -0.384. The van der Waals surface area contributed by atoms with Gasteiger partial charge in [-0.3, -0.25) is 14.9 Å². The summed E-state index contributed by atoms with van der Waals surface area (Å²) in [5, 5.41) is 16.7. The molecule has 46 heavy (non-hydrogen) atoms. The lowest BCUT2D eigenvalue weighted by Crippen LogP contribution is -2.49. The molecule has 0 aliphatic heterocycles. The van der Waals surface area contributed by atoms with Crippen molar-refractivity contribution in [3.05, 3.63) is 142 Å². The van der Waals surface area contributed by atoms with Gasteiger partial charge in [-0.2, -0.15) is 0 Å².